The van der Waals surface area contributed by atoms with Gasteiger partial charge in [-0.3, -0.25) is 4.79 Å². The average molecular weight is 230 g/mol. The number of carbonyl (C=O) groups excluding carboxylic acids is 2. The smallest absolute Gasteiger partial charge is 0.350 e. The zero-order valence-electron chi connectivity index (χ0n) is 11.0. The van der Waals surface area contributed by atoms with E-state index in [1.54, 1.807) is 41.5 Å². The third kappa shape index (κ3) is 4.21. The predicted molar refractivity (Wildman–Crippen MR) is 60.9 cm³/mol. The highest BCUT2D eigenvalue weighted by atomic mass is 16.6. The van der Waals surface area contributed by atoms with Crippen molar-refractivity contribution in [1.82, 2.24) is 0 Å². The van der Waals surface area contributed by atoms with Gasteiger partial charge in [0.15, 0.2) is 0 Å². The van der Waals surface area contributed by atoms with Gasteiger partial charge in [-0.1, -0.05) is 20.8 Å². The van der Waals surface area contributed by atoms with Crippen molar-refractivity contribution in [3.63, 3.8) is 0 Å². The topological polar surface area (TPSA) is 52.6 Å². The van der Waals surface area contributed by atoms with E-state index in [1.807, 2.05) is 0 Å². The van der Waals surface area contributed by atoms with Crippen LogP contribution in [0.15, 0.2) is 0 Å². The van der Waals surface area contributed by atoms with Crippen LogP contribution in [0.3, 0.4) is 0 Å². The van der Waals surface area contributed by atoms with Gasteiger partial charge in [-0.05, 0) is 27.2 Å². The van der Waals surface area contributed by atoms with Crippen LogP contribution >= 0.6 is 0 Å². The number of rotatable bonds is 5. The van der Waals surface area contributed by atoms with Crippen molar-refractivity contribution in [1.29, 1.82) is 0 Å². The molecular formula is C12H22O4. The van der Waals surface area contributed by atoms with Crippen LogP contribution in [0.5, 0.6) is 0 Å². The summed E-state index contributed by atoms with van der Waals surface area (Å²) < 4.78 is 10.3. The van der Waals surface area contributed by atoms with Gasteiger partial charge in [0.2, 0.25) is 5.60 Å². The molecule has 0 aliphatic carbocycles. The van der Waals surface area contributed by atoms with Gasteiger partial charge in [0.05, 0.1) is 12.0 Å². The van der Waals surface area contributed by atoms with Crippen molar-refractivity contribution in [2.24, 2.45) is 5.92 Å². The number of esters is 2. The van der Waals surface area contributed by atoms with Crippen molar-refractivity contribution in [2.45, 2.75) is 59.7 Å². The first-order valence-corrected chi connectivity index (χ1v) is 5.67. The summed E-state index contributed by atoms with van der Waals surface area (Å²) in [6.07, 6.45) is 0.188. The van der Waals surface area contributed by atoms with Gasteiger partial charge in [-0.2, -0.15) is 0 Å². The SMILES string of the molecule is CCC(C)(OC(=O)C(C)C)C(=O)OC(C)C. The molecule has 0 saturated carbocycles. The van der Waals surface area contributed by atoms with E-state index in [2.05, 4.69) is 0 Å². The van der Waals surface area contributed by atoms with Crippen LogP contribution in [0.2, 0.25) is 0 Å². The summed E-state index contributed by atoms with van der Waals surface area (Å²) in [6.45, 7) is 10.3. The molecule has 94 valence electrons. The lowest BCUT2D eigenvalue weighted by atomic mass is 10.0. The number of ether oxygens (including phenoxy) is 2. The largest absolute Gasteiger partial charge is 0.460 e. The van der Waals surface area contributed by atoms with E-state index in [4.69, 9.17) is 9.47 Å². The molecule has 0 aliphatic heterocycles. The van der Waals surface area contributed by atoms with Crippen LogP contribution in [0.25, 0.3) is 0 Å². The van der Waals surface area contributed by atoms with Crippen LogP contribution in [0, 0.1) is 5.92 Å². The molecule has 0 aromatic rings. The maximum Gasteiger partial charge on any atom is 0.350 e. The van der Waals surface area contributed by atoms with Gasteiger partial charge in [-0.15, -0.1) is 0 Å². The molecule has 1 unspecified atom stereocenters. The lowest BCUT2D eigenvalue weighted by Gasteiger charge is -2.27. The third-order valence-electron chi connectivity index (χ3n) is 2.25. The highest BCUT2D eigenvalue weighted by Gasteiger charge is 2.38. The highest BCUT2D eigenvalue weighted by Crippen LogP contribution is 2.20. The van der Waals surface area contributed by atoms with Gasteiger partial charge < -0.3 is 9.47 Å². The number of hydrogen-bond donors (Lipinski definition) is 0. The minimum atomic E-state index is -1.17. The molecule has 0 aromatic heterocycles. The van der Waals surface area contributed by atoms with Gasteiger partial charge in [-0.25, -0.2) is 4.79 Å². The fourth-order valence-electron chi connectivity index (χ4n) is 0.937. The Labute approximate surface area is 97.3 Å². The molecule has 1 atom stereocenters. The molecule has 0 amide bonds. The monoisotopic (exact) mass is 230 g/mol. The van der Waals surface area contributed by atoms with E-state index >= 15 is 0 Å². The first kappa shape index (κ1) is 14.9. The summed E-state index contributed by atoms with van der Waals surface area (Å²) in [5, 5.41) is 0. The summed E-state index contributed by atoms with van der Waals surface area (Å²) in [5.41, 5.74) is -1.17. The molecule has 0 radical (unpaired) electrons. The quantitative estimate of drug-likeness (QED) is 0.680. The molecule has 4 nitrogen and oxygen atoms in total. The van der Waals surface area contributed by atoms with Crippen molar-refractivity contribution in [2.75, 3.05) is 0 Å². The lowest BCUT2D eigenvalue weighted by molar-refractivity contribution is -0.185. The van der Waals surface area contributed by atoms with Gasteiger partial charge in [0.25, 0.3) is 0 Å². The van der Waals surface area contributed by atoms with Crippen LogP contribution < -0.4 is 0 Å². The second-order valence-corrected chi connectivity index (χ2v) is 4.61. The van der Waals surface area contributed by atoms with Gasteiger partial charge in [0, 0.05) is 0 Å². The summed E-state index contributed by atoms with van der Waals surface area (Å²) in [7, 11) is 0. The minimum Gasteiger partial charge on any atom is -0.460 e. The Morgan fingerprint density at radius 3 is 2.00 bits per heavy atom. The number of carbonyl (C=O) groups is 2. The molecular weight excluding hydrogens is 208 g/mol. The molecule has 16 heavy (non-hydrogen) atoms. The molecule has 0 bridgehead atoms. The molecule has 0 N–H and O–H groups in total. The minimum absolute atomic E-state index is 0.212. The summed E-state index contributed by atoms with van der Waals surface area (Å²) in [4.78, 5) is 23.2. The van der Waals surface area contributed by atoms with E-state index in [-0.39, 0.29) is 18.0 Å². The Morgan fingerprint density at radius 1 is 1.19 bits per heavy atom. The Kier molecular flexibility index (Phi) is 5.48. The van der Waals surface area contributed by atoms with Crippen LogP contribution in [-0.4, -0.2) is 23.6 Å². The maximum absolute atomic E-state index is 11.8. The third-order valence-corrected chi connectivity index (χ3v) is 2.25. The van der Waals surface area contributed by atoms with Crippen LogP contribution in [0.4, 0.5) is 0 Å². The fraction of sp³-hybridized carbons (Fsp3) is 0.833. The lowest BCUT2D eigenvalue weighted by Crippen LogP contribution is -2.43. The summed E-state index contributed by atoms with van der Waals surface area (Å²) >= 11 is 0. The Morgan fingerprint density at radius 2 is 1.69 bits per heavy atom. The van der Waals surface area contributed by atoms with Crippen LogP contribution in [-0.2, 0) is 19.1 Å². The standard InChI is InChI=1S/C12H22O4/c1-7-12(6,11(14)15-9(4)5)16-10(13)8(2)3/h8-9H,7H2,1-6H3. The Hall–Kier alpha value is -1.06. The van der Waals surface area contributed by atoms with Gasteiger partial charge in [0.1, 0.15) is 0 Å². The molecule has 0 aromatic carbocycles. The van der Waals surface area contributed by atoms with E-state index in [9.17, 15) is 9.59 Å². The maximum atomic E-state index is 11.8. The fourth-order valence-corrected chi connectivity index (χ4v) is 0.937. The molecule has 0 spiro atoms. The zero-order valence-corrected chi connectivity index (χ0v) is 11.0. The van der Waals surface area contributed by atoms with E-state index < -0.39 is 11.6 Å². The van der Waals surface area contributed by atoms with Gasteiger partial charge >= 0.3 is 11.9 Å². The average Bonchev–Trinajstić information content (AvgIpc) is 2.16. The molecule has 4 heteroatoms. The summed E-state index contributed by atoms with van der Waals surface area (Å²) in [6, 6.07) is 0. The molecule has 0 rings (SSSR count). The number of hydrogen-bond acceptors (Lipinski definition) is 4. The highest BCUT2D eigenvalue weighted by molar-refractivity contribution is 5.83. The molecule has 0 saturated heterocycles. The Bertz CT molecular complexity index is 258. The normalized spacial score (nSPS) is 14.8. The van der Waals surface area contributed by atoms with Crippen molar-refractivity contribution in [3.05, 3.63) is 0 Å². The first-order chi connectivity index (χ1) is 7.23. The van der Waals surface area contributed by atoms with E-state index in [0.29, 0.717) is 6.42 Å². The Balaban J connectivity index is 4.64. The van der Waals surface area contributed by atoms with Crippen LogP contribution in [0.1, 0.15) is 48.0 Å². The van der Waals surface area contributed by atoms with Crippen molar-refractivity contribution in [3.8, 4) is 0 Å². The van der Waals surface area contributed by atoms with Crippen molar-refractivity contribution >= 4 is 11.9 Å². The van der Waals surface area contributed by atoms with Crippen molar-refractivity contribution < 1.29 is 19.1 Å². The molecule has 0 fully saturated rings. The zero-order chi connectivity index (χ0) is 12.9. The predicted octanol–water partition coefficient (Wildman–Crippen LogP) is 2.31. The molecule has 0 aliphatic rings. The first-order valence-electron chi connectivity index (χ1n) is 5.67. The van der Waals surface area contributed by atoms with E-state index in [0.717, 1.165) is 0 Å². The van der Waals surface area contributed by atoms with E-state index in [1.165, 1.54) is 0 Å². The summed E-state index contributed by atoms with van der Waals surface area (Å²) in [5.74, 6) is -1.12. The second kappa shape index (κ2) is 5.87. The molecule has 0 heterocycles. The second-order valence-electron chi connectivity index (χ2n) is 4.61.